The molecule has 0 atom stereocenters. The zero-order chi connectivity index (χ0) is 15.7. The van der Waals surface area contributed by atoms with Gasteiger partial charge in [0.1, 0.15) is 5.82 Å². The summed E-state index contributed by atoms with van der Waals surface area (Å²) in [6.45, 7) is 4.75. The van der Waals surface area contributed by atoms with Crippen LogP contribution in [0.25, 0.3) is 5.78 Å². The summed E-state index contributed by atoms with van der Waals surface area (Å²) in [4.78, 5) is 26.8. The zero-order valence-corrected chi connectivity index (χ0v) is 12.7. The maximum absolute atomic E-state index is 12.0. The van der Waals surface area contributed by atoms with E-state index in [0.29, 0.717) is 48.5 Å². The van der Waals surface area contributed by atoms with Crippen LogP contribution in [0.4, 0.5) is 0 Å². The van der Waals surface area contributed by atoms with Crippen molar-refractivity contribution >= 4 is 5.78 Å². The van der Waals surface area contributed by atoms with E-state index < -0.39 is 0 Å². The van der Waals surface area contributed by atoms with Crippen LogP contribution in [0.3, 0.4) is 0 Å². The number of rotatable bonds is 5. The molecule has 0 saturated heterocycles. The highest BCUT2D eigenvalue weighted by Crippen LogP contribution is 2.05. The summed E-state index contributed by atoms with van der Waals surface area (Å²) in [6, 6.07) is 1.49. The third kappa shape index (κ3) is 2.89. The molecule has 0 bridgehead atoms. The normalized spacial score (nSPS) is 11.6. The summed E-state index contributed by atoms with van der Waals surface area (Å²) >= 11 is 0. The van der Waals surface area contributed by atoms with E-state index >= 15 is 0 Å². The average Bonchev–Trinajstić information content (AvgIpc) is 3.04. The highest BCUT2D eigenvalue weighted by Gasteiger charge is 2.11. The lowest BCUT2D eigenvalue weighted by molar-refractivity contribution is 0.296. The second kappa shape index (κ2) is 5.68. The lowest BCUT2D eigenvalue weighted by Gasteiger charge is -2.13. The Balaban J connectivity index is 1.75. The van der Waals surface area contributed by atoms with Crippen LogP contribution in [0.1, 0.15) is 30.2 Å². The van der Waals surface area contributed by atoms with Crippen LogP contribution in [0.5, 0.6) is 0 Å². The van der Waals surface area contributed by atoms with E-state index in [4.69, 9.17) is 4.52 Å². The minimum absolute atomic E-state index is 0.179. The van der Waals surface area contributed by atoms with Crippen LogP contribution in [0.15, 0.2) is 15.4 Å². The number of hydrogen-bond acceptors (Lipinski definition) is 7. The van der Waals surface area contributed by atoms with Crippen molar-refractivity contribution in [2.75, 3.05) is 7.05 Å². The molecule has 3 aromatic heterocycles. The standard InChI is InChI=1S/C13H17N7O2/c1-4-11-16-10(18-22-11)7-19(3)6-9-5-12(21)20-13(15-9)14-8(2)17-20/h5H,4,6-7H2,1-3H3,(H,14,15,17). The lowest BCUT2D eigenvalue weighted by atomic mass is 10.3. The second-order valence-electron chi connectivity index (χ2n) is 5.16. The zero-order valence-electron chi connectivity index (χ0n) is 12.7. The van der Waals surface area contributed by atoms with Crippen molar-refractivity contribution in [2.45, 2.75) is 33.4 Å². The fraction of sp³-hybridized carbons (Fsp3) is 0.462. The predicted octanol–water partition coefficient (Wildman–Crippen LogP) is 0.303. The van der Waals surface area contributed by atoms with E-state index in [1.54, 1.807) is 6.92 Å². The van der Waals surface area contributed by atoms with Gasteiger partial charge < -0.3 is 4.52 Å². The van der Waals surface area contributed by atoms with Gasteiger partial charge in [0.2, 0.25) is 5.89 Å². The van der Waals surface area contributed by atoms with Gasteiger partial charge in [-0.1, -0.05) is 12.1 Å². The molecule has 9 nitrogen and oxygen atoms in total. The van der Waals surface area contributed by atoms with Crippen LogP contribution in [-0.2, 0) is 19.5 Å². The van der Waals surface area contributed by atoms with Crippen molar-refractivity contribution in [1.82, 2.24) is 34.6 Å². The Labute approximate surface area is 126 Å². The van der Waals surface area contributed by atoms with Gasteiger partial charge in [0.05, 0.1) is 12.2 Å². The number of hydrogen-bond donors (Lipinski definition) is 1. The van der Waals surface area contributed by atoms with E-state index in [-0.39, 0.29) is 5.56 Å². The molecule has 0 saturated carbocycles. The fourth-order valence-corrected chi connectivity index (χ4v) is 2.19. The molecule has 1 N–H and O–H groups in total. The Morgan fingerprint density at radius 1 is 1.32 bits per heavy atom. The van der Waals surface area contributed by atoms with Gasteiger partial charge in [0, 0.05) is 19.0 Å². The quantitative estimate of drug-likeness (QED) is 0.722. The van der Waals surface area contributed by atoms with Gasteiger partial charge in [-0.2, -0.15) is 14.5 Å². The van der Waals surface area contributed by atoms with E-state index in [1.165, 1.54) is 10.6 Å². The number of nitrogens with one attached hydrogen (secondary N) is 1. The van der Waals surface area contributed by atoms with Gasteiger partial charge >= 0.3 is 0 Å². The minimum Gasteiger partial charge on any atom is -0.339 e. The molecule has 0 aliphatic carbocycles. The lowest BCUT2D eigenvalue weighted by Crippen LogP contribution is -2.22. The topological polar surface area (TPSA) is 105 Å². The first-order valence-corrected chi connectivity index (χ1v) is 7.00. The predicted molar refractivity (Wildman–Crippen MR) is 77.2 cm³/mol. The van der Waals surface area contributed by atoms with Crippen LogP contribution in [0.2, 0.25) is 0 Å². The number of nitrogens with zero attached hydrogens (tertiary/aromatic N) is 6. The molecule has 0 aromatic carbocycles. The summed E-state index contributed by atoms with van der Waals surface area (Å²) in [5, 5.41) is 6.75. The second-order valence-corrected chi connectivity index (χ2v) is 5.16. The summed E-state index contributed by atoms with van der Waals surface area (Å²) in [7, 11) is 1.90. The molecule has 9 heteroatoms. The molecule has 3 heterocycles. The van der Waals surface area contributed by atoms with Crippen molar-refractivity contribution in [3.05, 3.63) is 39.7 Å². The van der Waals surface area contributed by atoms with Crippen LogP contribution >= 0.6 is 0 Å². The van der Waals surface area contributed by atoms with Crippen molar-refractivity contribution in [3.63, 3.8) is 0 Å². The number of aryl methyl sites for hydroxylation is 2. The minimum atomic E-state index is -0.179. The summed E-state index contributed by atoms with van der Waals surface area (Å²) in [5.74, 6) is 2.26. The van der Waals surface area contributed by atoms with Gasteiger partial charge in [-0.05, 0) is 14.0 Å². The maximum Gasteiger partial charge on any atom is 0.274 e. The summed E-state index contributed by atoms with van der Waals surface area (Å²) in [5.41, 5.74) is 0.472. The largest absolute Gasteiger partial charge is 0.339 e. The van der Waals surface area contributed by atoms with Gasteiger partial charge in [0.25, 0.3) is 11.3 Å². The van der Waals surface area contributed by atoms with Gasteiger partial charge in [0.15, 0.2) is 5.82 Å². The SMILES string of the molecule is CCc1nc(CN(C)Cc2cc(=O)n3[nH]c(C)nc3n2)no1. The highest BCUT2D eigenvalue weighted by molar-refractivity contribution is 5.27. The molecular weight excluding hydrogens is 286 g/mol. The van der Waals surface area contributed by atoms with Crippen LogP contribution in [-0.4, -0.2) is 41.7 Å². The Morgan fingerprint density at radius 2 is 2.14 bits per heavy atom. The summed E-state index contributed by atoms with van der Waals surface area (Å²) in [6.07, 6.45) is 0.713. The molecule has 0 amide bonds. The Morgan fingerprint density at radius 3 is 2.86 bits per heavy atom. The highest BCUT2D eigenvalue weighted by atomic mass is 16.5. The van der Waals surface area contributed by atoms with Crippen molar-refractivity contribution in [2.24, 2.45) is 0 Å². The van der Waals surface area contributed by atoms with Crippen LogP contribution in [0, 0.1) is 6.92 Å². The maximum atomic E-state index is 12.0. The fourth-order valence-electron chi connectivity index (χ4n) is 2.19. The third-order valence-electron chi connectivity index (χ3n) is 3.15. The number of fused-ring (bicyclic) bond motifs is 1. The van der Waals surface area contributed by atoms with E-state index in [2.05, 4.69) is 25.2 Å². The molecule has 0 aliphatic rings. The van der Waals surface area contributed by atoms with Crippen molar-refractivity contribution in [1.29, 1.82) is 0 Å². The third-order valence-corrected chi connectivity index (χ3v) is 3.15. The first kappa shape index (κ1) is 14.4. The van der Waals surface area contributed by atoms with E-state index in [1.807, 2.05) is 18.9 Å². The van der Waals surface area contributed by atoms with Crippen molar-refractivity contribution in [3.8, 4) is 0 Å². The van der Waals surface area contributed by atoms with Gasteiger partial charge in [-0.15, -0.1) is 0 Å². The molecular formula is C13H17N7O2. The molecule has 22 heavy (non-hydrogen) atoms. The monoisotopic (exact) mass is 303 g/mol. The summed E-state index contributed by atoms with van der Waals surface area (Å²) < 4.78 is 6.40. The molecule has 0 spiro atoms. The number of H-pyrrole nitrogens is 1. The molecule has 0 aliphatic heterocycles. The average molecular weight is 303 g/mol. The van der Waals surface area contributed by atoms with E-state index in [9.17, 15) is 4.79 Å². The first-order chi connectivity index (χ1) is 10.5. The smallest absolute Gasteiger partial charge is 0.274 e. The molecule has 0 fully saturated rings. The Bertz CT molecular complexity index is 848. The van der Waals surface area contributed by atoms with Gasteiger partial charge in [-0.3, -0.25) is 14.8 Å². The molecule has 3 rings (SSSR count). The molecule has 0 radical (unpaired) electrons. The van der Waals surface area contributed by atoms with Crippen molar-refractivity contribution < 1.29 is 4.52 Å². The molecule has 116 valence electrons. The number of aromatic nitrogens is 6. The Hall–Kier alpha value is -2.55. The van der Waals surface area contributed by atoms with E-state index in [0.717, 1.165) is 0 Å². The number of aromatic amines is 1. The molecule has 3 aromatic rings. The molecule has 0 unspecified atom stereocenters. The van der Waals surface area contributed by atoms with Gasteiger partial charge in [-0.25, -0.2) is 4.98 Å². The van der Waals surface area contributed by atoms with Crippen LogP contribution < -0.4 is 5.56 Å². The Kier molecular flexibility index (Phi) is 3.72. The first-order valence-electron chi connectivity index (χ1n) is 7.00.